The second kappa shape index (κ2) is 8.71. The van der Waals surface area contributed by atoms with Crippen LogP contribution < -0.4 is 15.5 Å². The van der Waals surface area contributed by atoms with Crippen molar-refractivity contribution in [2.24, 2.45) is 0 Å². The van der Waals surface area contributed by atoms with Crippen molar-refractivity contribution < 1.29 is 4.79 Å². The van der Waals surface area contributed by atoms with Gasteiger partial charge in [0.05, 0.1) is 11.2 Å². The average Bonchev–Trinajstić information content (AvgIpc) is 3.16. The Morgan fingerprint density at radius 1 is 1.13 bits per heavy atom. The fraction of sp³-hybridized carbons (Fsp3) is 0.409. The highest BCUT2D eigenvalue weighted by molar-refractivity contribution is 5.93. The first kappa shape index (κ1) is 20.8. The molecule has 162 valence electrons. The molecule has 2 fully saturated rings. The minimum atomic E-state index is -0.276. The van der Waals surface area contributed by atoms with E-state index in [4.69, 9.17) is 0 Å². The van der Waals surface area contributed by atoms with E-state index in [-0.39, 0.29) is 11.6 Å². The second-order valence-electron chi connectivity index (χ2n) is 7.90. The van der Waals surface area contributed by atoms with Crippen LogP contribution in [0.2, 0.25) is 0 Å². The number of nitrogens with one attached hydrogen (secondary N) is 2. The van der Waals surface area contributed by atoms with Crippen molar-refractivity contribution in [3.8, 4) is 5.82 Å². The minimum absolute atomic E-state index is 0.130. The van der Waals surface area contributed by atoms with Crippen molar-refractivity contribution in [2.45, 2.75) is 45.6 Å². The topological polar surface area (TPSA) is 101 Å². The van der Waals surface area contributed by atoms with E-state index in [1.807, 2.05) is 36.0 Å². The summed E-state index contributed by atoms with van der Waals surface area (Å²) in [7, 11) is 0. The van der Waals surface area contributed by atoms with Gasteiger partial charge in [0, 0.05) is 31.7 Å². The van der Waals surface area contributed by atoms with Gasteiger partial charge < -0.3 is 10.6 Å². The van der Waals surface area contributed by atoms with Crippen molar-refractivity contribution >= 4 is 17.8 Å². The second-order valence-corrected chi connectivity index (χ2v) is 7.90. The Morgan fingerprint density at radius 3 is 2.58 bits per heavy atom. The van der Waals surface area contributed by atoms with Crippen LogP contribution in [0.25, 0.3) is 5.82 Å². The van der Waals surface area contributed by atoms with Crippen molar-refractivity contribution in [3.05, 3.63) is 54.4 Å². The summed E-state index contributed by atoms with van der Waals surface area (Å²) in [5.41, 5.74) is 1.78. The molecule has 9 nitrogen and oxygen atoms in total. The van der Waals surface area contributed by atoms with Gasteiger partial charge in [0.2, 0.25) is 5.95 Å². The van der Waals surface area contributed by atoms with Gasteiger partial charge in [0.1, 0.15) is 18.0 Å². The predicted octanol–water partition coefficient (Wildman–Crippen LogP) is 3.41. The molecule has 5 rings (SSSR count). The van der Waals surface area contributed by atoms with Crippen molar-refractivity contribution in [2.75, 3.05) is 23.3 Å². The summed E-state index contributed by atoms with van der Waals surface area (Å²) in [5, 5.41) is 6.20. The molecule has 1 aliphatic heterocycles. The lowest BCUT2D eigenvalue weighted by Crippen LogP contribution is -2.29. The molecule has 0 bridgehead atoms. The van der Waals surface area contributed by atoms with Crippen molar-refractivity contribution in [1.82, 2.24) is 29.8 Å². The standard InChI is InChI=1S/C19H20N8O.C3H8/c1-13-2-3-15(22-10-13)26-11-14(23-12-26)19(5-6-19)25-17-20-7-4-16(24-17)27-9-8-21-18(27)28;1-3-2/h2-4,7,10-12H,5-6,8-9H2,1H3,(H,21,28)(H,20,24,25);3H2,1-2H3. The van der Waals surface area contributed by atoms with Crippen LogP contribution >= 0.6 is 0 Å². The summed E-state index contributed by atoms with van der Waals surface area (Å²) in [6.07, 6.45) is 10.4. The Bertz CT molecular complexity index is 1040. The van der Waals surface area contributed by atoms with Crippen LogP contribution in [0.3, 0.4) is 0 Å². The lowest BCUT2D eigenvalue weighted by Gasteiger charge is -2.17. The van der Waals surface area contributed by atoms with Crippen LogP contribution in [-0.2, 0) is 5.54 Å². The predicted molar refractivity (Wildman–Crippen MR) is 119 cm³/mol. The third-order valence-electron chi connectivity index (χ3n) is 5.11. The molecular formula is C22H28N8O. The number of imidazole rings is 1. The number of hydrogen-bond acceptors (Lipinski definition) is 6. The van der Waals surface area contributed by atoms with Crippen molar-refractivity contribution in [3.63, 3.8) is 0 Å². The minimum Gasteiger partial charge on any atom is -0.343 e. The van der Waals surface area contributed by atoms with Crippen LogP contribution in [0.5, 0.6) is 0 Å². The number of amides is 2. The fourth-order valence-corrected chi connectivity index (χ4v) is 3.34. The average molecular weight is 421 g/mol. The van der Waals surface area contributed by atoms with E-state index in [9.17, 15) is 4.79 Å². The molecule has 3 aromatic heterocycles. The van der Waals surface area contributed by atoms with E-state index in [1.54, 1.807) is 23.5 Å². The molecule has 0 aromatic carbocycles. The first-order chi connectivity index (χ1) is 15.0. The van der Waals surface area contributed by atoms with Crippen LogP contribution in [0.4, 0.5) is 16.6 Å². The van der Waals surface area contributed by atoms with Gasteiger partial charge in [-0.2, -0.15) is 4.98 Å². The zero-order valence-electron chi connectivity index (χ0n) is 18.2. The number of anilines is 2. The quantitative estimate of drug-likeness (QED) is 0.656. The summed E-state index contributed by atoms with van der Waals surface area (Å²) in [4.78, 5) is 31.4. The fourth-order valence-electron chi connectivity index (χ4n) is 3.34. The number of urea groups is 1. The third-order valence-corrected chi connectivity index (χ3v) is 5.11. The number of hydrogen-bond donors (Lipinski definition) is 2. The highest BCUT2D eigenvalue weighted by Crippen LogP contribution is 2.47. The monoisotopic (exact) mass is 420 g/mol. The first-order valence-corrected chi connectivity index (χ1v) is 10.7. The number of carbonyl (C=O) groups is 1. The molecular weight excluding hydrogens is 392 g/mol. The molecule has 9 heteroatoms. The molecule has 0 unspecified atom stereocenters. The van der Waals surface area contributed by atoms with Crippen LogP contribution in [0, 0.1) is 6.92 Å². The van der Waals surface area contributed by atoms with Gasteiger partial charge in [0.15, 0.2) is 0 Å². The summed E-state index contributed by atoms with van der Waals surface area (Å²) in [5.74, 6) is 1.92. The van der Waals surface area contributed by atoms with Gasteiger partial charge in [-0.05, 0) is 37.5 Å². The Hall–Kier alpha value is -3.49. The number of rotatable bonds is 5. The number of aryl methyl sites for hydroxylation is 1. The molecule has 1 saturated carbocycles. The maximum atomic E-state index is 11.9. The summed E-state index contributed by atoms with van der Waals surface area (Å²) in [6.45, 7) is 7.49. The molecule has 2 N–H and O–H groups in total. The molecule has 1 saturated heterocycles. The third kappa shape index (κ3) is 4.50. The van der Waals surface area contributed by atoms with Crippen LogP contribution in [-0.4, -0.2) is 43.6 Å². The summed E-state index contributed by atoms with van der Waals surface area (Å²) in [6, 6.07) is 5.62. The summed E-state index contributed by atoms with van der Waals surface area (Å²) >= 11 is 0. The van der Waals surface area contributed by atoms with Gasteiger partial charge in [-0.3, -0.25) is 9.47 Å². The van der Waals surface area contributed by atoms with E-state index in [2.05, 4.69) is 44.4 Å². The molecule has 3 aromatic rings. The van der Waals surface area contributed by atoms with Gasteiger partial charge in [-0.1, -0.05) is 26.3 Å². The van der Waals surface area contributed by atoms with E-state index in [0.717, 1.165) is 29.9 Å². The van der Waals surface area contributed by atoms with Crippen LogP contribution in [0.15, 0.2) is 43.1 Å². The molecule has 4 heterocycles. The highest BCUT2D eigenvalue weighted by atomic mass is 16.2. The van der Waals surface area contributed by atoms with Gasteiger partial charge >= 0.3 is 6.03 Å². The first-order valence-electron chi connectivity index (χ1n) is 10.7. The zero-order valence-corrected chi connectivity index (χ0v) is 18.2. The molecule has 0 atom stereocenters. The Morgan fingerprint density at radius 2 is 1.94 bits per heavy atom. The van der Waals surface area contributed by atoms with Crippen LogP contribution in [0.1, 0.15) is 44.4 Å². The smallest absolute Gasteiger partial charge is 0.323 e. The van der Waals surface area contributed by atoms with Gasteiger partial charge in [-0.25, -0.2) is 19.7 Å². The molecule has 0 radical (unpaired) electrons. The van der Waals surface area contributed by atoms with E-state index in [0.29, 0.717) is 24.9 Å². The molecule has 2 amide bonds. The van der Waals surface area contributed by atoms with Crippen molar-refractivity contribution in [1.29, 1.82) is 0 Å². The maximum absolute atomic E-state index is 11.9. The van der Waals surface area contributed by atoms with E-state index < -0.39 is 0 Å². The molecule has 0 spiro atoms. The number of aromatic nitrogens is 5. The lowest BCUT2D eigenvalue weighted by molar-refractivity contribution is 0.252. The Kier molecular flexibility index (Phi) is 5.83. The molecule has 2 aliphatic rings. The normalized spacial score (nSPS) is 16.4. The number of pyridine rings is 1. The highest BCUT2D eigenvalue weighted by Gasteiger charge is 2.47. The maximum Gasteiger partial charge on any atom is 0.323 e. The van der Waals surface area contributed by atoms with Gasteiger partial charge in [-0.15, -0.1) is 0 Å². The number of carbonyl (C=O) groups excluding carboxylic acids is 1. The Balaban J connectivity index is 0.000000730. The molecule has 1 aliphatic carbocycles. The molecule has 31 heavy (non-hydrogen) atoms. The van der Waals surface area contributed by atoms with E-state index >= 15 is 0 Å². The van der Waals surface area contributed by atoms with Gasteiger partial charge in [0.25, 0.3) is 0 Å². The lowest BCUT2D eigenvalue weighted by atomic mass is 10.2. The summed E-state index contributed by atoms with van der Waals surface area (Å²) < 4.78 is 1.92. The van der Waals surface area contributed by atoms with E-state index in [1.165, 1.54) is 6.42 Å². The SMILES string of the molecule is CCC.Cc1ccc(-n2cnc(C3(Nc4nccc(N5CCNC5=O)n4)CC3)c2)nc1. The number of nitrogens with zero attached hydrogens (tertiary/aromatic N) is 6. The Labute approximate surface area is 182 Å². The zero-order chi connectivity index (χ0) is 21.8. The largest absolute Gasteiger partial charge is 0.343 e.